The van der Waals surface area contributed by atoms with Crippen molar-refractivity contribution in [3.63, 3.8) is 0 Å². The predicted octanol–water partition coefficient (Wildman–Crippen LogP) is 4.95. The average molecular weight is 319 g/mol. The summed E-state index contributed by atoms with van der Waals surface area (Å²) in [6.45, 7) is 2.59. The largest absolute Gasteiger partial charge is 0.308 e. The van der Waals surface area contributed by atoms with Crippen molar-refractivity contribution in [3.8, 4) is 6.07 Å². The summed E-state index contributed by atoms with van der Waals surface area (Å²) in [6, 6.07) is 17.6. The molecule has 2 aromatic carbocycles. The maximum atomic E-state index is 9.32. The number of hydrogen-bond donors (Lipinski definition) is 1. The van der Waals surface area contributed by atoms with Crippen molar-refractivity contribution in [2.24, 2.45) is 0 Å². The Labute approximate surface area is 135 Å². The van der Waals surface area contributed by atoms with Crippen LogP contribution >= 0.6 is 23.2 Å². The summed E-state index contributed by atoms with van der Waals surface area (Å²) in [5, 5.41) is 13.9. The molecule has 21 heavy (non-hydrogen) atoms. The van der Waals surface area contributed by atoms with Gasteiger partial charge >= 0.3 is 0 Å². The second-order valence-electron chi connectivity index (χ2n) is 4.89. The van der Waals surface area contributed by atoms with E-state index in [1.165, 1.54) is 0 Å². The van der Waals surface area contributed by atoms with E-state index in [9.17, 15) is 5.26 Å². The molecule has 0 aliphatic carbocycles. The van der Waals surface area contributed by atoms with E-state index >= 15 is 0 Å². The molecule has 0 amide bonds. The summed E-state index contributed by atoms with van der Waals surface area (Å²) >= 11 is 12.1. The Hall–Kier alpha value is -1.53. The number of hydrogen-bond acceptors (Lipinski definition) is 2. The molecule has 0 radical (unpaired) electrons. The zero-order valence-electron chi connectivity index (χ0n) is 11.7. The molecule has 0 aromatic heterocycles. The zero-order chi connectivity index (χ0) is 15.2. The summed E-state index contributed by atoms with van der Waals surface area (Å²) in [5.74, 6) is -0.181. The highest BCUT2D eigenvalue weighted by Gasteiger charge is 2.14. The molecule has 4 heteroatoms. The number of halogens is 2. The standard InChI is InChI=1S/C17H16Cl2N2/c1-12(16-8-7-15(18)9-17(16)19)21-11-14(10-20)13-5-3-2-4-6-13/h2-9,12,14,21H,11H2,1H3. The fourth-order valence-electron chi connectivity index (χ4n) is 2.18. The highest BCUT2D eigenvalue weighted by molar-refractivity contribution is 6.35. The first-order valence-corrected chi connectivity index (χ1v) is 7.50. The minimum absolute atomic E-state index is 0.0503. The van der Waals surface area contributed by atoms with Gasteiger partial charge < -0.3 is 5.32 Å². The smallest absolute Gasteiger partial charge is 0.0837 e. The van der Waals surface area contributed by atoms with E-state index in [1.54, 1.807) is 6.07 Å². The molecule has 0 saturated heterocycles. The third-order valence-corrected chi connectivity index (χ3v) is 3.98. The second kappa shape index (κ2) is 7.47. The molecular weight excluding hydrogens is 303 g/mol. The van der Waals surface area contributed by atoms with Gasteiger partial charge in [-0.2, -0.15) is 5.26 Å². The van der Waals surface area contributed by atoms with Crippen LogP contribution < -0.4 is 5.32 Å². The summed E-state index contributed by atoms with van der Waals surface area (Å²) < 4.78 is 0. The Morgan fingerprint density at radius 3 is 2.48 bits per heavy atom. The first-order chi connectivity index (χ1) is 10.1. The Balaban J connectivity index is 2.03. The summed E-state index contributed by atoms with van der Waals surface area (Å²) in [5.41, 5.74) is 1.99. The lowest BCUT2D eigenvalue weighted by molar-refractivity contribution is 0.558. The van der Waals surface area contributed by atoms with E-state index < -0.39 is 0 Å². The molecule has 108 valence electrons. The molecule has 0 aliphatic heterocycles. The van der Waals surface area contributed by atoms with E-state index in [0.29, 0.717) is 16.6 Å². The van der Waals surface area contributed by atoms with Gasteiger partial charge in [-0.1, -0.05) is 59.6 Å². The number of nitrogens with one attached hydrogen (secondary N) is 1. The van der Waals surface area contributed by atoms with Crippen LogP contribution in [0, 0.1) is 11.3 Å². The van der Waals surface area contributed by atoms with Crippen LogP contribution in [0.2, 0.25) is 10.0 Å². The molecule has 2 aromatic rings. The van der Waals surface area contributed by atoms with Gasteiger partial charge in [0.15, 0.2) is 0 Å². The van der Waals surface area contributed by atoms with E-state index in [1.807, 2.05) is 49.4 Å². The fraction of sp³-hybridized carbons (Fsp3) is 0.235. The van der Waals surface area contributed by atoms with Crippen LogP contribution in [0.15, 0.2) is 48.5 Å². The maximum absolute atomic E-state index is 9.32. The molecule has 2 unspecified atom stereocenters. The lowest BCUT2D eigenvalue weighted by atomic mass is 10.00. The monoisotopic (exact) mass is 318 g/mol. The summed E-state index contributed by atoms with van der Waals surface area (Å²) in [6.07, 6.45) is 0. The lowest BCUT2D eigenvalue weighted by Gasteiger charge is -2.18. The lowest BCUT2D eigenvalue weighted by Crippen LogP contribution is -2.24. The van der Waals surface area contributed by atoms with Gasteiger partial charge in [-0.05, 0) is 30.2 Å². The van der Waals surface area contributed by atoms with Gasteiger partial charge in [0.05, 0.1) is 12.0 Å². The van der Waals surface area contributed by atoms with Gasteiger partial charge in [-0.3, -0.25) is 0 Å². The van der Waals surface area contributed by atoms with Crippen molar-refractivity contribution < 1.29 is 0 Å². The highest BCUT2D eigenvalue weighted by atomic mass is 35.5. The van der Waals surface area contributed by atoms with Crippen LogP contribution in [0.1, 0.15) is 30.0 Å². The Morgan fingerprint density at radius 1 is 1.14 bits per heavy atom. The summed E-state index contributed by atoms with van der Waals surface area (Å²) in [4.78, 5) is 0. The molecule has 2 rings (SSSR count). The minimum Gasteiger partial charge on any atom is -0.308 e. The minimum atomic E-state index is -0.181. The van der Waals surface area contributed by atoms with Crippen molar-refractivity contribution in [2.45, 2.75) is 18.9 Å². The van der Waals surface area contributed by atoms with Crippen LogP contribution in [0.4, 0.5) is 0 Å². The van der Waals surface area contributed by atoms with Crippen molar-refractivity contribution in [1.29, 1.82) is 5.26 Å². The van der Waals surface area contributed by atoms with Crippen molar-refractivity contribution in [2.75, 3.05) is 6.54 Å². The molecule has 0 spiro atoms. The van der Waals surface area contributed by atoms with Gasteiger partial charge in [-0.15, -0.1) is 0 Å². The summed E-state index contributed by atoms with van der Waals surface area (Å²) in [7, 11) is 0. The molecule has 2 nitrogen and oxygen atoms in total. The number of rotatable bonds is 5. The molecule has 1 N–H and O–H groups in total. The molecule has 0 aliphatic rings. The Bertz CT molecular complexity index is 635. The van der Waals surface area contributed by atoms with Crippen LogP contribution in [-0.2, 0) is 0 Å². The third-order valence-electron chi connectivity index (χ3n) is 3.41. The Morgan fingerprint density at radius 2 is 1.86 bits per heavy atom. The van der Waals surface area contributed by atoms with Gasteiger partial charge in [0, 0.05) is 22.6 Å². The van der Waals surface area contributed by atoms with E-state index in [0.717, 1.165) is 11.1 Å². The molecule has 0 fully saturated rings. The van der Waals surface area contributed by atoms with Crippen LogP contribution in [0.25, 0.3) is 0 Å². The normalized spacial score (nSPS) is 13.4. The van der Waals surface area contributed by atoms with Crippen molar-refractivity contribution in [1.82, 2.24) is 5.32 Å². The van der Waals surface area contributed by atoms with Crippen LogP contribution in [0.5, 0.6) is 0 Å². The second-order valence-corrected chi connectivity index (χ2v) is 5.73. The SMILES string of the molecule is CC(NCC(C#N)c1ccccc1)c1ccc(Cl)cc1Cl. The van der Waals surface area contributed by atoms with E-state index in [-0.39, 0.29) is 12.0 Å². The average Bonchev–Trinajstić information content (AvgIpc) is 2.48. The molecule has 2 atom stereocenters. The molecule has 0 heterocycles. The molecular formula is C17H16Cl2N2. The van der Waals surface area contributed by atoms with Crippen LogP contribution in [-0.4, -0.2) is 6.54 Å². The van der Waals surface area contributed by atoms with E-state index in [2.05, 4.69) is 11.4 Å². The Kier molecular flexibility index (Phi) is 5.64. The zero-order valence-corrected chi connectivity index (χ0v) is 13.2. The molecule has 0 saturated carbocycles. The highest BCUT2D eigenvalue weighted by Crippen LogP contribution is 2.26. The number of nitriles is 1. The predicted molar refractivity (Wildman–Crippen MR) is 87.7 cm³/mol. The number of nitrogens with zero attached hydrogens (tertiary/aromatic N) is 1. The van der Waals surface area contributed by atoms with Crippen LogP contribution in [0.3, 0.4) is 0 Å². The topological polar surface area (TPSA) is 35.8 Å². The number of benzene rings is 2. The maximum Gasteiger partial charge on any atom is 0.0837 e. The first-order valence-electron chi connectivity index (χ1n) is 6.74. The van der Waals surface area contributed by atoms with Crippen molar-refractivity contribution in [3.05, 3.63) is 69.7 Å². The van der Waals surface area contributed by atoms with Gasteiger partial charge in [-0.25, -0.2) is 0 Å². The van der Waals surface area contributed by atoms with Gasteiger partial charge in [0.1, 0.15) is 0 Å². The third kappa shape index (κ3) is 4.22. The van der Waals surface area contributed by atoms with Gasteiger partial charge in [0.2, 0.25) is 0 Å². The van der Waals surface area contributed by atoms with E-state index in [4.69, 9.17) is 23.2 Å². The fourth-order valence-corrected chi connectivity index (χ4v) is 2.75. The van der Waals surface area contributed by atoms with Crippen molar-refractivity contribution >= 4 is 23.2 Å². The van der Waals surface area contributed by atoms with Gasteiger partial charge in [0.25, 0.3) is 0 Å². The molecule has 0 bridgehead atoms. The first kappa shape index (κ1) is 15.9. The quantitative estimate of drug-likeness (QED) is 0.846.